The van der Waals surface area contributed by atoms with Gasteiger partial charge in [-0.25, -0.2) is 0 Å². The van der Waals surface area contributed by atoms with Crippen LogP contribution in [0.25, 0.3) is 0 Å². The van der Waals surface area contributed by atoms with E-state index in [2.05, 4.69) is 22.1 Å². The summed E-state index contributed by atoms with van der Waals surface area (Å²) in [6.07, 6.45) is 1.60. The number of nitrogens with two attached hydrogens (primary N) is 1. The number of amides is 1. The minimum absolute atomic E-state index is 0.245. The Kier molecular flexibility index (Phi) is 4.48. The van der Waals surface area contributed by atoms with Crippen molar-refractivity contribution >= 4 is 11.6 Å². The second-order valence-corrected chi connectivity index (χ2v) is 4.17. The summed E-state index contributed by atoms with van der Waals surface area (Å²) in [7, 11) is 0. The van der Waals surface area contributed by atoms with Gasteiger partial charge in [-0.2, -0.15) is 0 Å². The monoisotopic (exact) mass is 265 g/mol. The van der Waals surface area contributed by atoms with Crippen molar-refractivity contribution < 1.29 is 4.79 Å². The Morgan fingerprint density at radius 3 is 2.85 bits per heavy atom. The third kappa shape index (κ3) is 3.22. The lowest BCUT2D eigenvalue weighted by atomic mass is 10.1. The van der Waals surface area contributed by atoms with E-state index in [0.717, 1.165) is 11.1 Å². The largest absolute Gasteiger partial charge is 0.320 e. The minimum Gasteiger partial charge on any atom is -0.320 e. The Balaban J connectivity index is 2.27. The van der Waals surface area contributed by atoms with E-state index in [1.807, 2.05) is 31.2 Å². The highest BCUT2D eigenvalue weighted by Gasteiger charge is 2.11. The number of para-hydroxylation sites is 1. The zero-order chi connectivity index (χ0) is 14.4. The molecule has 1 aromatic heterocycles. The number of anilines is 1. The number of nitrogens with zero attached hydrogens (tertiary/aromatic N) is 1. The summed E-state index contributed by atoms with van der Waals surface area (Å²) in [4.78, 5) is 16.3. The van der Waals surface area contributed by atoms with Crippen LogP contribution in [0.4, 0.5) is 5.69 Å². The van der Waals surface area contributed by atoms with Crippen LogP contribution in [0, 0.1) is 18.8 Å². The molecule has 4 heteroatoms. The Morgan fingerprint density at radius 1 is 1.30 bits per heavy atom. The SMILES string of the molecule is Cc1cccnc1C(=O)Nc1ccccc1C#CCN. The summed E-state index contributed by atoms with van der Waals surface area (Å²) in [6, 6.07) is 11.0. The normalized spacial score (nSPS) is 9.50. The molecule has 0 radical (unpaired) electrons. The van der Waals surface area contributed by atoms with Crippen LogP contribution in [0.15, 0.2) is 42.6 Å². The molecule has 0 bridgehead atoms. The molecule has 0 unspecified atom stereocenters. The number of hydrogen-bond donors (Lipinski definition) is 2. The van der Waals surface area contributed by atoms with Gasteiger partial charge in [0.2, 0.25) is 0 Å². The second kappa shape index (κ2) is 6.50. The number of nitrogens with one attached hydrogen (secondary N) is 1. The number of hydrogen-bond acceptors (Lipinski definition) is 3. The van der Waals surface area contributed by atoms with E-state index in [0.29, 0.717) is 11.4 Å². The highest BCUT2D eigenvalue weighted by molar-refractivity contribution is 6.04. The summed E-state index contributed by atoms with van der Waals surface area (Å²) in [5.41, 5.74) is 8.00. The van der Waals surface area contributed by atoms with Crippen LogP contribution < -0.4 is 11.1 Å². The molecule has 0 atom stereocenters. The second-order valence-electron chi connectivity index (χ2n) is 4.17. The van der Waals surface area contributed by atoms with Gasteiger partial charge in [0.05, 0.1) is 12.2 Å². The van der Waals surface area contributed by atoms with Crippen molar-refractivity contribution in [3.63, 3.8) is 0 Å². The van der Waals surface area contributed by atoms with Gasteiger partial charge in [-0.15, -0.1) is 0 Å². The minimum atomic E-state index is -0.245. The number of benzene rings is 1. The molecule has 0 saturated carbocycles. The van der Waals surface area contributed by atoms with Crippen LogP contribution in [0.1, 0.15) is 21.6 Å². The third-order valence-electron chi connectivity index (χ3n) is 2.72. The zero-order valence-corrected chi connectivity index (χ0v) is 11.2. The molecule has 0 aliphatic carbocycles. The van der Waals surface area contributed by atoms with E-state index in [-0.39, 0.29) is 12.5 Å². The molecule has 0 aliphatic rings. The van der Waals surface area contributed by atoms with Crippen molar-refractivity contribution in [3.05, 3.63) is 59.4 Å². The smallest absolute Gasteiger partial charge is 0.274 e. The fourth-order valence-corrected chi connectivity index (χ4v) is 1.75. The molecule has 0 saturated heterocycles. The lowest BCUT2D eigenvalue weighted by Gasteiger charge is -2.08. The topological polar surface area (TPSA) is 68.0 Å². The van der Waals surface area contributed by atoms with Crippen LogP contribution in [-0.2, 0) is 0 Å². The predicted octanol–water partition coefficient (Wildman–Crippen LogP) is 1.95. The number of carbonyl (C=O) groups is 1. The molecule has 20 heavy (non-hydrogen) atoms. The van der Waals surface area contributed by atoms with E-state index in [9.17, 15) is 4.79 Å². The summed E-state index contributed by atoms with van der Waals surface area (Å²) in [5, 5.41) is 2.83. The zero-order valence-electron chi connectivity index (χ0n) is 11.2. The lowest BCUT2D eigenvalue weighted by Crippen LogP contribution is -2.15. The molecule has 100 valence electrons. The summed E-state index contributed by atoms with van der Waals surface area (Å²) >= 11 is 0. The maximum atomic E-state index is 12.2. The van der Waals surface area contributed by atoms with E-state index in [1.54, 1.807) is 18.3 Å². The van der Waals surface area contributed by atoms with Crippen molar-refractivity contribution in [2.24, 2.45) is 5.73 Å². The molecular formula is C16H15N3O. The molecule has 2 aromatic rings. The van der Waals surface area contributed by atoms with Gasteiger partial charge in [-0.05, 0) is 30.7 Å². The summed E-state index contributed by atoms with van der Waals surface area (Å²) in [5.74, 6) is 5.47. The molecule has 1 aromatic carbocycles. The van der Waals surface area contributed by atoms with Crippen LogP contribution >= 0.6 is 0 Å². The van der Waals surface area contributed by atoms with E-state index in [4.69, 9.17) is 5.73 Å². The van der Waals surface area contributed by atoms with Gasteiger partial charge in [-0.3, -0.25) is 9.78 Å². The van der Waals surface area contributed by atoms with Gasteiger partial charge in [-0.1, -0.05) is 30.0 Å². The molecular weight excluding hydrogens is 250 g/mol. The molecule has 2 rings (SSSR count). The highest BCUT2D eigenvalue weighted by Crippen LogP contribution is 2.15. The first kappa shape index (κ1) is 13.8. The van der Waals surface area contributed by atoms with Crippen LogP contribution in [0.3, 0.4) is 0 Å². The average molecular weight is 265 g/mol. The summed E-state index contributed by atoms with van der Waals surface area (Å²) < 4.78 is 0. The maximum absolute atomic E-state index is 12.2. The fourth-order valence-electron chi connectivity index (χ4n) is 1.75. The van der Waals surface area contributed by atoms with Crippen LogP contribution in [0.2, 0.25) is 0 Å². The number of rotatable bonds is 2. The molecule has 1 heterocycles. The van der Waals surface area contributed by atoms with E-state index < -0.39 is 0 Å². The van der Waals surface area contributed by atoms with Gasteiger partial charge in [0.15, 0.2) is 0 Å². The van der Waals surface area contributed by atoms with Gasteiger partial charge in [0.25, 0.3) is 5.91 Å². The van der Waals surface area contributed by atoms with E-state index in [1.165, 1.54) is 0 Å². The first-order valence-corrected chi connectivity index (χ1v) is 6.23. The number of pyridine rings is 1. The molecule has 4 nitrogen and oxygen atoms in total. The van der Waals surface area contributed by atoms with Crippen molar-refractivity contribution in [2.45, 2.75) is 6.92 Å². The third-order valence-corrected chi connectivity index (χ3v) is 2.72. The van der Waals surface area contributed by atoms with Gasteiger partial charge >= 0.3 is 0 Å². The maximum Gasteiger partial charge on any atom is 0.274 e. The highest BCUT2D eigenvalue weighted by atomic mass is 16.1. The van der Waals surface area contributed by atoms with Crippen molar-refractivity contribution in [1.82, 2.24) is 4.98 Å². The molecule has 0 spiro atoms. The number of carbonyl (C=O) groups excluding carboxylic acids is 1. The quantitative estimate of drug-likeness (QED) is 0.815. The summed E-state index contributed by atoms with van der Waals surface area (Å²) in [6.45, 7) is 2.13. The number of aromatic nitrogens is 1. The average Bonchev–Trinajstić information content (AvgIpc) is 2.46. The molecule has 3 N–H and O–H groups in total. The predicted molar refractivity (Wildman–Crippen MR) is 79.3 cm³/mol. The first-order valence-electron chi connectivity index (χ1n) is 6.23. The lowest BCUT2D eigenvalue weighted by molar-refractivity contribution is 0.102. The van der Waals surface area contributed by atoms with Crippen molar-refractivity contribution in [1.29, 1.82) is 0 Å². The molecule has 0 aliphatic heterocycles. The standard InChI is InChI=1S/C16H15N3O/c1-12-6-5-11-18-15(12)16(20)19-14-9-3-2-7-13(14)8-4-10-17/h2-3,5-7,9,11H,10,17H2,1H3,(H,19,20). The van der Waals surface area contributed by atoms with Gasteiger partial charge in [0.1, 0.15) is 5.69 Å². The Bertz CT molecular complexity index is 683. The van der Waals surface area contributed by atoms with Gasteiger partial charge < -0.3 is 11.1 Å². The number of aryl methyl sites for hydroxylation is 1. The Labute approximate surface area is 118 Å². The Morgan fingerprint density at radius 2 is 2.10 bits per heavy atom. The van der Waals surface area contributed by atoms with Crippen LogP contribution in [0.5, 0.6) is 0 Å². The van der Waals surface area contributed by atoms with Crippen molar-refractivity contribution in [3.8, 4) is 11.8 Å². The molecule has 1 amide bonds. The van der Waals surface area contributed by atoms with Crippen molar-refractivity contribution in [2.75, 3.05) is 11.9 Å². The van der Waals surface area contributed by atoms with Gasteiger partial charge in [0, 0.05) is 11.8 Å². The van der Waals surface area contributed by atoms with Crippen LogP contribution in [-0.4, -0.2) is 17.4 Å². The Hall–Kier alpha value is -2.64. The molecule has 0 fully saturated rings. The fraction of sp³-hybridized carbons (Fsp3) is 0.125. The first-order chi connectivity index (χ1) is 9.72. The van der Waals surface area contributed by atoms with E-state index >= 15 is 0 Å².